The van der Waals surface area contributed by atoms with Gasteiger partial charge in [0.1, 0.15) is 0 Å². The van der Waals surface area contributed by atoms with Crippen molar-refractivity contribution in [3.8, 4) is 5.88 Å². The van der Waals surface area contributed by atoms with Gasteiger partial charge in [0, 0.05) is 26.8 Å². The maximum absolute atomic E-state index is 11.9. The van der Waals surface area contributed by atoms with Gasteiger partial charge in [-0.3, -0.25) is 0 Å². The number of allylic oxidation sites excluding steroid dienone is 7. The highest BCUT2D eigenvalue weighted by molar-refractivity contribution is 9.10. The summed E-state index contributed by atoms with van der Waals surface area (Å²) in [5.41, 5.74) is 7.52. The Kier molecular flexibility index (Phi) is 5.95. The number of rotatable bonds is 5. The zero-order valence-corrected chi connectivity index (χ0v) is 19.8. The van der Waals surface area contributed by atoms with E-state index in [4.69, 9.17) is 15.5 Å². The third-order valence-electron chi connectivity index (χ3n) is 7.03. The van der Waals surface area contributed by atoms with Crippen LogP contribution in [0.15, 0.2) is 76.8 Å². The Balaban J connectivity index is 1.97. The maximum Gasteiger partial charge on any atom is 0.217 e. The van der Waals surface area contributed by atoms with Crippen molar-refractivity contribution in [2.24, 2.45) is 17.1 Å². The Morgan fingerprint density at radius 2 is 2.06 bits per heavy atom. The number of ether oxygens (including phenoxy) is 1. The van der Waals surface area contributed by atoms with E-state index in [9.17, 15) is 5.11 Å². The molecule has 3 N–H and O–H groups in total. The lowest BCUT2D eigenvalue weighted by Crippen LogP contribution is -2.53. The molecule has 1 aromatic carbocycles. The molecule has 0 spiro atoms. The summed E-state index contributed by atoms with van der Waals surface area (Å²) in [7, 11) is 1.65. The highest BCUT2D eigenvalue weighted by Gasteiger charge is 2.55. The first-order valence-corrected chi connectivity index (χ1v) is 11.4. The van der Waals surface area contributed by atoms with Crippen LogP contribution in [-0.2, 0) is 0 Å². The third-order valence-corrected chi connectivity index (χ3v) is 7.52. The summed E-state index contributed by atoms with van der Waals surface area (Å²) < 4.78 is 6.75. The van der Waals surface area contributed by atoms with Gasteiger partial charge in [0.2, 0.25) is 5.88 Å². The van der Waals surface area contributed by atoms with Crippen molar-refractivity contribution in [1.82, 2.24) is 4.98 Å². The van der Waals surface area contributed by atoms with Gasteiger partial charge in [0.15, 0.2) is 0 Å². The van der Waals surface area contributed by atoms with Crippen molar-refractivity contribution in [3.63, 3.8) is 0 Å². The van der Waals surface area contributed by atoms with Crippen molar-refractivity contribution in [2.75, 3.05) is 13.7 Å². The van der Waals surface area contributed by atoms with Crippen LogP contribution in [0.3, 0.4) is 0 Å². The first-order chi connectivity index (χ1) is 14.8. The number of benzene rings is 1. The highest BCUT2D eigenvalue weighted by Crippen LogP contribution is 2.58. The summed E-state index contributed by atoms with van der Waals surface area (Å²) in [6.07, 6.45) is 15.0. The first-order valence-electron chi connectivity index (χ1n) is 10.6. The molecule has 2 aliphatic carbocycles. The molecule has 1 heterocycles. The molecule has 31 heavy (non-hydrogen) atoms. The Morgan fingerprint density at radius 1 is 1.26 bits per heavy atom. The average Bonchev–Trinajstić information content (AvgIpc) is 2.86. The fourth-order valence-corrected chi connectivity index (χ4v) is 5.85. The lowest BCUT2D eigenvalue weighted by Gasteiger charge is -2.52. The van der Waals surface area contributed by atoms with E-state index < -0.39 is 11.0 Å². The van der Waals surface area contributed by atoms with Crippen LogP contribution in [0.1, 0.15) is 31.7 Å². The lowest BCUT2D eigenvalue weighted by molar-refractivity contribution is -0.0684. The Labute approximate surface area is 192 Å². The standard InChI is InChI=1S/C26H29BrN2O2/c1-17(21-16-19-15-20(27)10-11-23(19)29-24(21)31-3)26(13-14-28)22-9-5-4-7-18(22)8-6-12-25(26,2)30/h4-12,15-17,22,30H,13-14,28H2,1-3H3/t17?,22?,25-,26?/m1/s1. The number of halogens is 1. The second-order valence-electron chi connectivity index (χ2n) is 8.62. The van der Waals surface area contributed by atoms with E-state index in [0.29, 0.717) is 18.8 Å². The number of nitrogens with zero attached hydrogens (tertiary/aromatic N) is 1. The molecule has 2 aromatic rings. The fourth-order valence-electron chi connectivity index (χ4n) is 5.47. The molecule has 2 aliphatic rings. The lowest BCUT2D eigenvalue weighted by atomic mass is 9.53. The van der Waals surface area contributed by atoms with E-state index in [0.717, 1.165) is 20.9 Å². The van der Waals surface area contributed by atoms with E-state index in [1.807, 2.05) is 37.3 Å². The van der Waals surface area contributed by atoms with E-state index >= 15 is 0 Å². The summed E-state index contributed by atoms with van der Waals surface area (Å²) >= 11 is 3.57. The topological polar surface area (TPSA) is 68.4 Å². The molecule has 162 valence electrons. The smallest absolute Gasteiger partial charge is 0.217 e. The van der Waals surface area contributed by atoms with E-state index in [-0.39, 0.29) is 11.8 Å². The number of aliphatic hydroxyl groups is 1. The quantitative estimate of drug-likeness (QED) is 0.598. The van der Waals surface area contributed by atoms with Crippen LogP contribution in [0.25, 0.3) is 10.9 Å². The van der Waals surface area contributed by atoms with Gasteiger partial charge in [-0.25, -0.2) is 4.98 Å². The van der Waals surface area contributed by atoms with Gasteiger partial charge >= 0.3 is 0 Å². The number of hydrogen-bond acceptors (Lipinski definition) is 4. The van der Waals surface area contributed by atoms with Crippen LogP contribution in [0.2, 0.25) is 0 Å². The minimum Gasteiger partial charge on any atom is -0.481 e. The Hall–Kier alpha value is -2.21. The zero-order chi connectivity index (χ0) is 22.2. The second kappa shape index (κ2) is 8.38. The number of hydrogen-bond donors (Lipinski definition) is 2. The molecule has 0 saturated carbocycles. The van der Waals surface area contributed by atoms with E-state index in [1.165, 1.54) is 5.57 Å². The molecule has 4 atom stereocenters. The van der Waals surface area contributed by atoms with Gasteiger partial charge in [-0.1, -0.05) is 65.4 Å². The molecule has 0 saturated heterocycles. The molecular formula is C26H29BrN2O2. The normalized spacial score (nSPS) is 28.2. The van der Waals surface area contributed by atoms with Crippen LogP contribution in [0.5, 0.6) is 5.88 Å². The summed E-state index contributed by atoms with van der Waals surface area (Å²) in [5.74, 6) is 0.497. The Bertz CT molecular complexity index is 1120. The van der Waals surface area contributed by atoms with Gasteiger partial charge in [-0.05, 0) is 55.6 Å². The molecule has 0 radical (unpaired) electrons. The van der Waals surface area contributed by atoms with Gasteiger partial charge in [0.05, 0.1) is 18.2 Å². The molecule has 0 fully saturated rings. The average molecular weight is 481 g/mol. The summed E-state index contributed by atoms with van der Waals surface area (Å²) in [5, 5.41) is 12.9. The van der Waals surface area contributed by atoms with Crippen molar-refractivity contribution in [1.29, 1.82) is 0 Å². The molecule has 0 aliphatic heterocycles. The summed E-state index contributed by atoms with van der Waals surface area (Å²) in [6.45, 7) is 4.52. The van der Waals surface area contributed by atoms with E-state index in [2.05, 4.69) is 59.3 Å². The maximum atomic E-state index is 11.9. The van der Waals surface area contributed by atoms with Crippen LogP contribution in [0.4, 0.5) is 0 Å². The van der Waals surface area contributed by atoms with Crippen LogP contribution in [0, 0.1) is 11.3 Å². The van der Waals surface area contributed by atoms with Crippen LogP contribution in [-0.4, -0.2) is 29.3 Å². The molecule has 3 unspecified atom stereocenters. The first kappa shape index (κ1) is 22.0. The predicted molar refractivity (Wildman–Crippen MR) is 130 cm³/mol. The summed E-state index contributed by atoms with van der Waals surface area (Å²) in [4.78, 5) is 4.80. The monoisotopic (exact) mass is 480 g/mol. The predicted octanol–water partition coefficient (Wildman–Crippen LogP) is 5.43. The molecule has 1 aromatic heterocycles. The molecule has 0 bridgehead atoms. The van der Waals surface area contributed by atoms with Crippen molar-refractivity contribution >= 4 is 26.8 Å². The molecule has 5 heteroatoms. The van der Waals surface area contributed by atoms with Gasteiger partial charge in [-0.15, -0.1) is 0 Å². The zero-order valence-electron chi connectivity index (χ0n) is 18.2. The van der Waals surface area contributed by atoms with Gasteiger partial charge in [0.25, 0.3) is 0 Å². The number of pyridine rings is 1. The van der Waals surface area contributed by atoms with Crippen LogP contribution < -0.4 is 10.5 Å². The van der Waals surface area contributed by atoms with Crippen LogP contribution >= 0.6 is 15.9 Å². The largest absolute Gasteiger partial charge is 0.481 e. The minimum absolute atomic E-state index is 0.00367. The second-order valence-corrected chi connectivity index (χ2v) is 9.54. The summed E-state index contributed by atoms with van der Waals surface area (Å²) in [6, 6.07) is 8.16. The van der Waals surface area contributed by atoms with Gasteiger partial charge < -0.3 is 15.6 Å². The highest BCUT2D eigenvalue weighted by atomic mass is 79.9. The van der Waals surface area contributed by atoms with Gasteiger partial charge in [-0.2, -0.15) is 0 Å². The minimum atomic E-state index is -1.10. The van der Waals surface area contributed by atoms with Crippen molar-refractivity contribution < 1.29 is 9.84 Å². The number of methoxy groups -OCH3 is 1. The third kappa shape index (κ3) is 3.59. The fraction of sp³-hybridized carbons (Fsp3) is 0.346. The molecular weight excluding hydrogens is 452 g/mol. The number of aromatic nitrogens is 1. The van der Waals surface area contributed by atoms with Crippen molar-refractivity contribution in [2.45, 2.75) is 31.8 Å². The molecule has 4 rings (SSSR count). The van der Waals surface area contributed by atoms with Crippen molar-refractivity contribution in [3.05, 3.63) is 82.4 Å². The molecule has 0 amide bonds. The number of nitrogens with two attached hydrogens (primary N) is 1. The SMILES string of the molecule is COc1nc2ccc(Br)cc2cc1C(C)C1(CCN)C2C=CC=CC2=CC=C[C@@]1(C)O. The molecule has 4 nitrogen and oxygen atoms in total. The Morgan fingerprint density at radius 3 is 2.81 bits per heavy atom. The van der Waals surface area contributed by atoms with E-state index in [1.54, 1.807) is 7.11 Å². The number of fused-ring (bicyclic) bond motifs is 2.